The van der Waals surface area contributed by atoms with Gasteiger partial charge in [0, 0.05) is 44.9 Å². The van der Waals surface area contributed by atoms with Crippen molar-refractivity contribution < 1.29 is 58.6 Å². The molecule has 13 nitrogen and oxygen atoms in total. The summed E-state index contributed by atoms with van der Waals surface area (Å²) in [4.78, 5) is 57.6. The first-order valence-electron chi connectivity index (χ1n) is 20.5. The van der Waals surface area contributed by atoms with Gasteiger partial charge in [-0.1, -0.05) is 44.6 Å². The molecule has 0 aromatic heterocycles. The van der Waals surface area contributed by atoms with Crippen LogP contribution in [0.1, 0.15) is 105 Å². The summed E-state index contributed by atoms with van der Waals surface area (Å²) in [6.07, 6.45) is 3.36. The molecule has 3 fully saturated rings. The van der Waals surface area contributed by atoms with Gasteiger partial charge in [0.1, 0.15) is 24.0 Å². The monoisotopic (exact) mass is 789 g/mol. The number of hydrogen-bond donors (Lipinski definition) is 4. The Kier molecular flexibility index (Phi) is 16.6. The quantitative estimate of drug-likeness (QED) is 0.172. The molecule has 3 heterocycles. The number of amides is 1. The van der Waals surface area contributed by atoms with Crippen molar-refractivity contribution in [3.05, 3.63) is 36.0 Å². The fourth-order valence-electron chi connectivity index (χ4n) is 9.19. The molecule has 2 bridgehead atoms. The summed E-state index contributed by atoms with van der Waals surface area (Å²) in [6, 6.07) is -1.16. The van der Waals surface area contributed by atoms with Crippen LogP contribution >= 0.6 is 0 Å². The number of rotatable bonds is 6. The van der Waals surface area contributed by atoms with Crippen molar-refractivity contribution >= 4 is 23.4 Å². The average molecular weight is 790 g/mol. The van der Waals surface area contributed by atoms with E-state index in [4.69, 9.17) is 18.9 Å². The molecule has 0 radical (unpaired) electrons. The number of carbonyl (C=O) groups is 4. The van der Waals surface area contributed by atoms with Crippen molar-refractivity contribution in [3.63, 3.8) is 0 Å². The summed E-state index contributed by atoms with van der Waals surface area (Å²) in [5.41, 5.74) is 1.54. The van der Waals surface area contributed by atoms with Crippen molar-refractivity contribution in [3.8, 4) is 0 Å². The van der Waals surface area contributed by atoms with Gasteiger partial charge in [-0.15, -0.1) is 6.58 Å². The van der Waals surface area contributed by atoms with E-state index in [0.29, 0.717) is 56.9 Å². The largest absolute Gasteiger partial charge is 0.456 e. The lowest BCUT2D eigenvalue weighted by atomic mass is 9.81. The number of nitrogens with zero attached hydrogens (tertiary/aromatic N) is 1. The van der Waals surface area contributed by atoms with E-state index in [-0.39, 0.29) is 43.4 Å². The summed E-state index contributed by atoms with van der Waals surface area (Å²) in [5.74, 6) is -8.03. The zero-order chi connectivity index (χ0) is 41.5. The maximum Gasteiger partial charge on any atom is 0.329 e. The van der Waals surface area contributed by atoms with Crippen LogP contribution in [0.15, 0.2) is 36.0 Å². The fourth-order valence-corrected chi connectivity index (χ4v) is 9.19. The van der Waals surface area contributed by atoms with Crippen LogP contribution in [0.3, 0.4) is 0 Å². The van der Waals surface area contributed by atoms with Crippen LogP contribution in [-0.4, -0.2) is 124 Å². The number of esters is 1. The SMILES string of the molecule is C=CC[C@@H]1C=C(C)C[C@H](C)C[C@H](OC)[C@@H]2O[C@@](O)(C(=O)C(=O)N3CCCC[C@@H]3C(=O)O[C@@H](C(C)=C[C@H]3CC[C@@H](O)[C@@H](O)C3)[C@@H](C)[C@@H](O)CC1=O)[C@@H](C)C[C@H]2OC. The Bertz CT molecular complexity index is 1460. The van der Waals surface area contributed by atoms with Gasteiger partial charge in [-0.05, 0) is 95.5 Å². The van der Waals surface area contributed by atoms with Gasteiger partial charge in [0.05, 0.1) is 30.5 Å². The number of carbonyl (C=O) groups excluding carboxylic acids is 4. The van der Waals surface area contributed by atoms with Crippen LogP contribution in [0.25, 0.3) is 0 Å². The normalized spacial score (nSPS) is 40.6. The summed E-state index contributed by atoms with van der Waals surface area (Å²) >= 11 is 0. The molecule has 1 saturated carbocycles. The second-order valence-electron chi connectivity index (χ2n) is 17.1. The van der Waals surface area contributed by atoms with Crippen molar-refractivity contribution in [2.24, 2.45) is 29.6 Å². The van der Waals surface area contributed by atoms with E-state index in [1.165, 1.54) is 14.2 Å². The first-order valence-corrected chi connectivity index (χ1v) is 20.5. The average Bonchev–Trinajstić information content (AvgIpc) is 3.16. The minimum atomic E-state index is -2.52. The minimum absolute atomic E-state index is 0.00242. The van der Waals surface area contributed by atoms with Gasteiger partial charge in [0.2, 0.25) is 5.79 Å². The van der Waals surface area contributed by atoms with Crippen LogP contribution in [0.5, 0.6) is 0 Å². The second-order valence-corrected chi connectivity index (χ2v) is 17.1. The Morgan fingerprint density at radius 2 is 1.62 bits per heavy atom. The zero-order valence-electron chi connectivity index (χ0n) is 34.4. The molecular formula is C43H67NO12. The zero-order valence-corrected chi connectivity index (χ0v) is 34.4. The predicted molar refractivity (Wildman–Crippen MR) is 208 cm³/mol. The number of aliphatic hydroxyl groups excluding tert-OH is 3. The van der Waals surface area contributed by atoms with Crippen molar-refractivity contribution in [1.82, 2.24) is 4.90 Å². The van der Waals surface area contributed by atoms with Crippen LogP contribution in [-0.2, 0) is 38.1 Å². The van der Waals surface area contributed by atoms with Gasteiger partial charge in [-0.25, -0.2) is 4.79 Å². The lowest BCUT2D eigenvalue weighted by molar-refractivity contribution is -0.302. The van der Waals surface area contributed by atoms with Crippen LogP contribution < -0.4 is 0 Å². The molecule has 4 aliphatic rings. The molecule has 3 aliphatic heterocycles. The van der Waals surface area contributed by atoms with Crippen molar-refractivity contribution in [2.45, 2.75) is 160 Å². The summed E-state index contributed by atoms with van der Waals surface area (Å²) < 4.78 is 24.1. The molecule has 4 N–H and O–H groups in total. The maximum atomic E-state index is 14.2. The Hall–Kier alpha value is -2.78. The minimum Gasteiger partial charge on any atom is -0.456 e. The van der Waals surface area contributed by atoms with E-state index < -0.39 is 90.0 Å². The third kappa shape index (κ3) is 10.8. The summed E-state index contributed by atoms with van der Waals surface area (Å²) in [5, 5.41) is 44.1. The highest BCUT2D eigenvalue weighted by atomic mass is 16.7. The smallest absolute Gasteiger partial charge is 0.329 e. The molecule has 0 spiro atoms. The Morgan fingerprint density at radius 3 is 2.27 bits per heavy atom. The van der Waals surface area contributed by atoms with Gasteiger partial charge < -0.3 is 44.3 Å². The second kappa shape index (κ2) is 20.3. The number of hydrogen-bond acceptors (Lipinski definition) is 12. The van der Waals surface area contributed by atoms with E-state index in [0.717, 1.165) is 10.5 Å². The number of methoxy groups -OCH3 is 2. The molecule has 316 valence electrons. The molecular weight excluding hydrogens is 722 g/mol. The third-order valence-corrected chi connectivity index (χ3v) is 12.6. The molecule has 1 aliphatic carbocycles. The first kappa shape index (κ1) is 45.9. The Morgan fingerprint density at radius 1 is 0.946 bits per heavy atom. The van der Waals surface area contributed by atoms with Crippen LogP contribution in [0.2, 0.25) is 0 Å². The molecule has 0 aromatic rings. The van der Waals surface area contributed by atoms with Crippen molar-refractivity contribution in [1.29, 1.82) is 0 Å². The number of allylic oxidation sites excluding steroid dienone is 4. The van der Waals surface area contributed by atoms with Gasteiger partial charge >= 0.3 is 5.97 Å². The van der Waals surface area contributed by atoms with E-state index >= 15 is 0 Å². The highest BCUT2D eigenvalue weighted by Gasteiger charge is 2.56. The van der Waals surface area contributed by atoms with Crippen molar-refractivity contribution in [2.75, 3.05) is 20.8 Å². The lowest BCUT2D eigenvalue weighted by Gasteiger charge is -2.47. The van der Waals surface area contributed by atoms with E-state index in [9.17, 15) is 39.6 Å². The number of Topliss-reactive ketones (excluding diaryl/α,β-unsaturated/α-hetero) is 2. The fraction of sp³-hybridized carbons (Fsp3) is 0.767. The number of cyclic esters (lactones) is 1. The third-order valence-electron chi connectivity index (χ3n) is 12.6. The van der Waals surface area contributed by atoms with E-state index in [2.05, 4.69) is 6.58 Å². The number of fused-ring (bicyclic) bond motifs is 3. The first-order chi connectivity index (χ1) is 26.4. The van der Waals surface area contributed by atoms with Crippen LogP contribution in [0.4, 0.5) is 0 Å². The predicted octanol–water partition coefficient (Wildman–Crippen LogP) is 3.98. The van der Waals surface area contributed by atoms with Crippen LogP contribution in [0, 0.1) is 29.6 Å². The highest BCUT2D eigenvalue weighted by molar-refractivity contribution is 6.39. The molecule has 13 heteroatoms. The lowest BCUT2D eigenvalue weighted by Crippen LogP contribution is -2.64. The van der Waals surface area contributed by atoms with Gasteiger partial charge in [0.15, 0.2) is 0 Å². The van der Waals surface area contributed by atoms with E-state index in [1.807, 2.05) is 26.0 Å². The highest BCUT2D eigenvalue weighted by Crippen LogP contribution is 2.39. The Balaban J connectivity index is 1.78. The van der Waals surface area contributed by atoms with E-state index in [1.54, 1.807) is 26.8 Å². The topological polar surface area (TPSA) is 189 Å². The molecule has 56 heavy (non-hydrogen) atoms. The van der Waals surface area contributed by atoms with Gasteiger partial charge in [-0.2, -0.15) is 0 Å². The number of ether oxygens (including phenoxy) is 4. The molecule has 0 aromatic carbocycles. The number of ketones is 2. The van der Waals surface area contributed by atoms with Gasteiger partial charge in [0.25, 0.3) is 11.7 Å². The molecule has 14 atom stereocenters. The molecule has 1 amide bonds. The number of piperidine rings is 1. The Labute approximate surface area is 332 Å². The number of aliphatic hydroxyl groups is 4. The summed E-state index contributed by atoms with van der Waals surface area (Å²) in [7, 11) is 3.04. The molecule has 2 saturated heterocycles. The standard InChI is InChI=1S/C43H67NO12/c1-9-12-30-18-24(2)17-25(3)19-36(53-7)39-37(54-8)21-27(5)43(52,56-39)40(49)41(50)44-16-11-10-13-31(44)42(51)55-38(28(6)33(46)23-34(30)47)26(4)20-29-14-15-32(45)35(48)22-29/h9,18,20,25,27-33,35-39,45-46,48,52H,1,10-17,19,21-23H2,2-8H3/t25-,27-,28-,29+,30+,31+,32+,33-,35-,36-,37+,38-,39-,43+/m0/s1. The van der Waals surface area contributed by atoms with Gasteiger partial charge in [-0.3, -0.25) is 14.4 Å². The summed E-state index contributed by atoms with van der Waals surface area (Å²) in [6.45, 7) is 13.0. The molecule has 4 rings (SSSR count). The molecule has 0 unspecified atom stereocenters. The maximum absolute atomic E-state index is 14.2.